The second-order valence-corrected chi connectivity index (χ2v) is 5.31. The minimum absolute atomic E-state index is 0.229. The molecule has 0 amide bonds. The van der Waals surface area contributed by atoms with Gasteiger partial charge >= 0.3 is 0 Å². The number of rotatable bonds is 5. The Morgan fingerprint density at radius 3 is 2.81 bits per heavy atom. The SMILES string of the molecule is COc1cccc(OCc2nc(-c3cccs3)no2)c1C. The highest BCUT2D eigenvalue weighted by molar-refractivity contribution is 7.13. The van der Waals surface area contributed by atoms with Crippen molar-refractivity contribution in [1.29, 1.82) is 0 Å². The predicted molar refractivity (Wildman–Crippen MR) is 79.7 cm³/mol. The van der Waals surface area contributed by atoms with Crippen LogP contribution in [0.4, 0.5) is 0 Å². The number of thiophene rings is 1. The van der Waals surface area contributed by atoms with Crippen LogP contribution in [0.15, 0.2) is 40.2 Å². The van der Waals surface area contributed by atoms with E-state index in [0.29, 0.717) is 11.7 Å². The number of hydrogen-bond acceptors (Lipinski definition) is 6. The Hall–Kier alpha value is -2.34. The minimum Gasteiger partial charge on any atom is -0.496 e. The molecule has 0 aliphatic carbocycles. The van der Waals surface area contributed by atoms with Gasteiger partial charge in [-0.05, 0) is 30.5 Å². The summed E-state index contributed by atoms with van der Waals surface area (Å²) in [6, 6.07) is 9.56. The molecule has 0 N–H and O–H groups in total. The highest BCUT2D eigenvalue weighted by Gasteiger charge is 2.11. The summed E-state index contributed by atoms with van der Waals surface area (Å²) < 4.78 is 16.2. The molecule has 6 heteroatoms. The second-order valence-electron chi connectivity index (χ2n) is 4.36. The van der Waals surface area contributed by atoms with Gasteiger partial charge in [0.15, 0.2) is 6.61 Å². The summed E-state index contributed by atoms with van der Waals surface area (Å²) in [7, 11) is 1.64. The molecule has 0 unspecified atom stereocenters. The third kappa shape index (κ3) is 2.90. The van der Waals surface area contributed by atoms with Gasteiger partial charge in [-0.1, -0.05) is 17.3 Å². The van der Waals surface area contributed by atoms with E-state index in [0.717, 1.165) is 21.9 Å². The number of methoxy groups -OCH3 is 1. The summed E-state index contributed by atoms with van der Waals surface area (Å²) in [6.45, 7) is 2.17. The number of hydrogen-bond donors (Lipinski definition) is 0. The van der Waals surface area contributed by atoms with Crippen LogP contribution in [0.5, 0.6) is 11.5 Å². The van der Waals surface area contributed by atoms with Crippen LogP contribution >= 0.6 is 11.3 Å². The lowest BCUT2D eigenvalue weighted by Crippen LogP contribution is -1.98. The first-order valence-electron chi connectivity index (χ1n) is 6.41. The van der Waals surface area contributed by atoms with Crippen LogP contribution in [-0.2, 0) is 6.61 Å². The van der Waals surface area contributed by atoms with Crippen molar-refractivity contribution in [3.63, 3.8) is 0 Å². The molecule has 5 nitrogen and oxygen atoms in total. The quantitative estimate of drug-likeness (QED) is 0.719. The standard InChI is InChI=1S/C15H14N2O3S/c1-10-11(18-2)5-3-6-12(10)19-9-14-16-15(17-20-14)13-7-4-8-21-13/h3-8H,9H2,1-2H3. The Morgan fingerprint density at radius 1 is 1.19 bits per heavy atom. The molecule has 0 saturated heterocycles. The van der Waals surface area contributed by atoms with Crippen molar-refractivity contribution in [2.45, 2.75) is 13.5 Å². The van der Waals surface area contributed by atoms with Gasteiger partial charge in [0.2, 0.25) is 5.82 Å². The predicted octanol–water partition coefficient (Wildman–Crippen LogP) is 3.69. The molecule has 0 saturated carbocycles. The maximum Gasteiger partial charge on any atom is 0.264 e. The molecule has 1 aromatic carbocycles. The van der Waals surface area contributed by atoms with Gasteiger partial charge in [-0.15, -0.1) is 11.3 Å². The van der Waals surface area contributed by atoms with Crippen molar-refractivity contribution < 1.29 is 14.0 Å². The largest absolute Gasteiger partial charge is 0.496 e. The van der Waals surface area contributed by atoms with E-state index in [4.69, 9.17) is 14.0 Å². The highest BCUT2D eigenvalue weighted by Crippen LogP contribution is 2.28. The lowest BCUT2D eigenvalue weighted by Gasteiger charge is -2.10. The van der Waals surface area contributed by atoms with Crippen molar-refractivity contribution in [3.05, 3.63) is 47.2 Å². The van der Waals surface area contributed by atoms with Crippen LogP contribution < -0.4 is 9.47 Å². The molecule has 0 aliphatic heterocycles. The van der Waals surface area contributed by atoms with Crippen molar-refractivity contribution in [2.24, 2.45) is 0 Å². The van der Waals surface area contributed by atoms with Crippen LogP contribution in [-0.4, -0.2) is 17.3 Å². The van der Waals surface area contributed by atoms with Crippen LogP contribution in [0.2, 0.25) is 0 Å². The van der Waals surface area contributed by atoms with Crippen LogP contribution in [0.3, 0.4) is 0 Å². The highest BCUT2D eigenvalue weighted by atomic mass is 32.1. The summed E-state index contributed by atoms with van der Waals surface area (Å²) in [5.41, 5.74) is 0.943. The van der Waals surface area contributed by atoms with Crippen LogP contribution in [0.25, 0.3) is 10.7 Å². The van der Waals surface area contributed by atoms with E-state index >= 15 is 0 Å². The molecule has 0 aliphatic rings. The first-order chi connectivity index (χ1) is 10.3. The zero-order valence-corrected chi connectivity index (χ0v) is 12.5. The Kier molecular flexibility index (Phi) is 3.87. The lowest BCUT2D eigenvalue weighted by atomic mass is 10.2. The molecule has 2 heterocycles. The summed E-state index contributed by atoms with van der Waals surface area (Å²) in [4.78, 5) is 5.29. The van der Waals surface area contributed by atoms with Crippen molar-refractivity contribution in [2.75, 3.05) is 7.11 Å². The Morgan fingerprint density at radius 2 is 2.05 bits per heavy atom. The van der Waals surface area contributed by atoms with Gasteiger partial charge in [-0.25, -0.2) is 0 Å². The summed E-state index contributed by atoms with van der Waals surface area (Å²) in [5.74, 6) is 2.56. The zero-order valence-electron chi connectivity index (χ0n) is 11.7. The third-order valence-electron chi connectivity index (χ3n) is 3.02. The Balaban J connectivity index is 1.71. The number of benzene rings is 1. The molecule has 0 fully saturated rings. The fourth-order valence-electron chi connectivity index (χ4n) is 1.93. The Labute approximate surface area is 126 Å². The average molecular weight is 302 g/mol. The van der Waals surface area contributed by atoms with Gasteiger partial charge in [0, 0.05) is 5.56 Å². The van der Waals surface area contributed by atoms with E-state index < -0.39 is 0 Å². The minimum atomic E-state index is 0.229. The molecule has 21 heavy (non-hydrogen) atoms. The molecular formula is C15H14N2O3S. The zero-order chi connectivity index (χ0) is 14.7. The third-order valence-corrected chi connectivity index (χ3v) is 3.88. The Bertz CT molecular complexity index is 722. The van der Waals surface area contributed by atoms with Gasteiger partial charge in [-0.3, -0.25) is 0 Å². The molecular weight excluding hydrogens is 288 g/mol. The molecule has 0 atom stereocenters. The molecule has 3 rings (SSSR count). The normalized spacial score (nSPS) is 10.6. The summed E-state index contributed by atoms with van der Waals surface area (Å²) >= 11 is 1.57. The van der Waals surface area contributed by atoms with Crippen molar-refractivity contribution in [3.8, 4) is 22.2 Å². The van der Waals surface area contributed by atoms with Crippen molar-refractivity contribution >= 4 is 11.3 Å². The summed E-state index contributed by atoms with van der Waals surface area (Å²) in [6.07, 6.45) is 0. The molecule has 0 bridgehead atoms. The van der Waals surface area contributed by atoms with E-state index in [1.165, 1.54) is 0 Å². The van der Waals surface area contributed by atoms with Crippen LogP contribution in [0.1, 0.15) is 11.5 Å². The van der Waals surface area contributed by atoms with Crippen molar-refractivity contribution in [1.82, 2.24) is 10.1 Å². The average Bonchev–Trinajstić information content (AvgIpc) is 3.17. The van der Waals surface area contributed by atoms with E-state index in [2.05, 4.69) is 10.1 Å². The lowest BCUT2D eigenvalue weighted by molar-refractivity contribution is 0.240. The molecule has 0 spiro atoms. The van der Waals surface area contributed by atoms with Gasteiger partial charge < -0.3 is 14.0 Å². The van der Waals surface area contributed by atoms with E-state index in [1.54, 1.807) is 18.4 Å². The fourth-order valence-corrected chi connectivity index (χ4v) is 2.58. The topological polar surface area (TPSA) is 57.4 Å². The molecule has 0 radical (unpaired) electrons. The van der Waals surface area contributed by atoms with Crippen LogP contribution in [0, 0.1) is 6.92 Å². The first-order valence-corrected chi connectivity index (χ1v) is 7.29. The van der Waals surface area contributed by atoms with E-state index in [1.807, 2.05) is 42.6 Å². The second kappa shape index (κ2) is 5.97. The molecule has 2 aromatic heterocycles. The molecule has 3 aromatic rings. The van der Waals surface area contributed by atoms with Gasteiger partial charge in [-0.2, -0.15) is 4.98 Å². The maximum atomic E-state index is 5.72. The van der Waals surface area contributed by atoms with Gasteiger partial charge in [0.1, 0.15) is 11.5 Å². The first kappa shape index (κ1) is 13.6. The number of nitrogens with zero attached hydrogens (tertiary/aromatic N) is 2. The number of ether oxygens (including phenoxy) is 2. The number of aromatic nitrogens is 2. The maximum absolute atomic E-state index is 5.72. The van der Waals surface area contributed by atoms with Gasteiger partial charge in [0.25, 0.3) is 5.89 Å². The van der Waals surface area contributed by atoms with Gasteiger partial charge in [0.05, 0.1) is 12.0 Å². The van der Waals surface area contributed by atoms with E-state index in [9.17, 15) is 0 Å². The van der Waals surface area contributed by atoms with E-state index in [-0.39, 0.29) is 6.61 Å². The fraction of sp³-hybridized carbons (Fsp3) is 0.200. The monoisotopic (exact) mass is 302 g/mol. The molecule has 108 valence electrons. The smallest absolute Gasteiger partial charge is 0.264 e. The summed E-state index contributed by atoms with van der Waals surface area (Å²) in [5, 5.41) is 5.92.